The molecule has 0 fully saturated rings. The van der Waals surface area contributed by atoms with Crippen LogP contribution in [0.15, 0.2) is 96.1 Å². The minimum absolute atomic E-state index is 0.0233. The molecule has 0 saturated carbocycles. The lowest BCUT2D eigenvalue weighted by atomic mass is 9.97. The maximum atomic E-state index is 13.5. The Morgan fingerprint density at radius 1 is 0.927 bits per heavy atom. The number of hydrazone groups is 1. The smallest absolute Gasteiger partial charge is 0.326 e. The monoisotopic (exact) mass is 546 g/mol. The number of hydrogen-bond donors (Lipinski definition) is 0. The third-order valence-corrected chi connectivity index (χ3v) is 7.44. The molecule has 2 heterocycles. The first-order chi connectivity index (χ1) is 20.0. The zero-order valence-electron chi connectivity index (χ0n) is 23.0. The number of aromatic nitrogens is 2. The molecule has 1 amide bonds. The summed E-state index contributed by atoms with van der Waals surface area (Å²) in [5.41, 5.74) is 4.35. The molecule has 0 saturated heterocycles. The van der Waals surface area contributed by atoms with Crippen LogP contribution in [0.3, 0.4) is 0 Å². The number of rotatable bonds is 8. The minimum atomic E-state index is -0.505. The van der Waals surface area contributed by atoms with E-state index in [0.29, 0.717) is 12.8 Å². The van der Waals surface area contributed by atoms with Crippen molar-refractivity contribution in [1.29, 1.82) is 0 Å². The average Bonchev–Trinajstić information content (AvgIpc) is 3.62. The van der Waals surface area contributed by atoms with Crippen LogP contribution in [-0.2, 0) is 27.3 Å². The molecule has 1 aliphatic rings. The Morgan fingerprint density at radius 3 is 2.46 bits per heavy atom. The molecule has 0 aliphatic carbocycles. The summed E-state index contributed by atoms with van der Waals surface area (Å²) >= 11 is 0. The van der Waals surface area contributed by atoms with Crippen LogP contribution in [0.4, 0.5) is 0 Å². The van der Waals surface area contributed by atoms with Crippen LogP contribution in [0.25, 0.3) is 21.8 Å². The molecule has 5 aromatic rings. The SMILES string of the molecule is CCc1nc2ccccc2n1CC(=O)OCC(=O)N1N=C(c2ccc3ccccc3c2)C[C@@H]1c1ccc(OC)cc1. The van der Waals surface area contributed by atoms with Gasteiger partial charge >= 0.3 is 5.97 Å². The van der Waals surface area contributed by atoms with Crippen molar-refractivity contribution in [3.8, 4) is 5.75 Å². The van der Waals surface area contributed by atoms with Gasteiger partial charge in [-0.2, -0.15) is 5.10 Å². The molecular formula is C33H30N4O4. The number of amides is 1. The zero-order chi connectivity index (χ0) is 28.3. The van der Waals surface area contributed by atoms with Crippen LogP contribution in [0.5, 0.6) is 5.75 Å². The fraction of sp³-hybridized carbons (Fsp3) is 0.212. The van der Waals surface area contributed by atoms with Gasteiger partial charge in [-0.15, -0.1) is 0 Å². The molecule has 206 valence electrons. The highest BCUT2D eigenvalue weighted by Gasteiger charge is 2.33. The number of para-hydroxylation sites is 2. The number of carbonyl (C=O) groups excluding carboxylic acids is 2. The normalized spacial score (nSPS) is 14.8. The molecule has 41 heavy (non-hydrogen) atoms. The van der Waals surface area contributed by atoms with Gasteiger partial charge in [0.1, 0.15) is 18.1 Å². The summed E-state index contributed by atoms with van der Waals surface area (Å²) in [7, 11) is 1.62. The number of aryl methyl sites for hydroxylation is 1. The number of hydrogen-bond acceptors (Lipinski definition) is 6. The minimum Gasteiger partial charge on any atom is -0.497 e. The molecule has 0 spiro atoms. The van der Waals surface area contributed by atoms with Gasteiger partial charge in [0.2, 0.25) is 0 Å². The quantitative estimate of drug-likeness (QED) is 0.234. The molecule has 8 nitrogen and oxygen atoms in total. The molecule has 1 aromatic heterocycles. The van der Waals surface area contributed by atoms with Crippen LogP contribution in [0.2, 0.25) is 0 Å². The predicted molar refractivity (Wildman–Crippen MR) is 158 cm³/mol. The van der Waals surface area contributed by atoms with E-state index in [4.69, 9.17) is 14.6 Å². The lowest BCUT2D eigenvalue weighted by Gasteiger charge is -2.22. The highest BCUT2D eigenvalue weighted by molar-refractivity contribution is 6.05. The van der Waals surface area contributed by atoms with E-state index in [2.05, 4.69) is 29.2 Å². The summed E-state index contributed by atoms with van der Waals surface area (Å²) in [6.07, 6.45) is 1.20. The molecule has 1 aliphatic heterocycles. The highest BCUT2D eigenvalue weighted by atomic mass is 16.5. The Kier molecular flexibility index (Phi) is 7.20. The zero-order valence-corrected chi connectivity index (χ0v) is 23.0. The van der Waals surface area contributed by atoms with Crippen molar-refractivity contribution in [2.24, 2.45) is 5.10 Å². The van der Waals surface area contributed by atoms with Gasteiger partial charge in [-0.25, -0.2) is 9.99 Å². The molecular weight excluding hydrogens is 516 g/mol. The maximum Gasteiger partial charge on any atom is 0.326 e. The van der Waals surface area contributed by atoms with Gasteiger partial charge in [0, 0.05) is 12.8 Å². The Hall–Kier alpha value is -4.98. The van der Waals surface area contributed by atoms with Gasteiger partial charge in [-0.3, -0.25) is 9.59 Å². The largest absolute Gasteiger partial charge is 0.497 e. The second-order valence-corrected chi connectivity index (χ2v) is 9.96. The topological polar surface area (TPSA) is 86.0 Å². The number of nitrogens with zero attached hydrogens (tertiary/aromatic N) is 4. The third kappa shape index (κ3) is 5.28. The van der Waals surface area contributed by atoms with Gasteiger partial charge in [0.05, 0.1) is 29.9 Å². The van der Waals surface area contributed by atoms with Crippen molar-refractivity contribution in [2.75, 3.05) is 13.7 Å². The molecule has 0 bridgehead atoms. The number of imidazole rings is 1. The first kappa shape index (κ1) is 26.3. The molecule has 0 unspecified atom stereocenters. The van der Waals surface area contributed by atoms with Gasteiger partial charge < -0.3 is 14.0 Å². The second-order valence-electron chi connectivity index (χ2n) is 9.96. The molecule has 8 heteroatoms. The summed E-state index contributed by atoms with van der Waals surface area (Å²) < 4.78 is 12.6. The molecule has 1 atom stereocenters. The summed E-state index contributed by atoms with van der Waals surface area (Å²) in [5.74, 6) is 0.627. The van der Waals surface area contributed by atoms with Crippen LogP contribution >= 0.6 is 0 Å². The first-order valence-electron chi connectivity index (χ1n) is 13.7. The highest BCUT2D eigenvalue weighted by Crippen LogP contribution is 2.34. The fourth-order valence-electron chi connectivity index (χ4n) is 5.32. The average molecular weight is 547 g/mol. The van der Waals surface area contributed by atoms with Crippen molar-refractivity contribution in [3.05, 3.63) is 108 Å². The van der Waals surface area contributed by atoms with E-state index in [-0.39, 0.29) is 18.5 Å². The number of methoxy groups -OCH3 is 1. The summed E-state index contributed by atoms with van der Waals surface area (Å²) in [5, 5.41) is 8.44. The number of esters is 1. The van der Waals surface area contributed by atoms with Crippen molar-refractivity contribution < 1.29 is 19.1 Å². The summed E-state index contributed by atoms with van der Waals surface area (Å²) in [6, 6.07) is 29.3. The Balaban J connectivity index is 1.22. The van der Waals surface area contributed by atoms with E-state index in [1.807, 2.05) is 78.2 Å². The predicted octanol–water partition coefficient (Wildman–Crippen LogP) is 5.68. The maximum absolute atomic E-state index is 13.5. The molecule has 0 radical (unpaired) electrons. The lowest BCUT2D eigenvalue weighted by Crippen LogP contribution is -2.32. The van der Waals surface area contributed by atoms with E-state index >= 15 is 0 Å². The number of ether oxygens (including phenoxy) is 2. The van der Waals surface area contributed by atoms with Crippen molar-refractivity contribution >= 4 is 39.4 Å². The van der Waals surface area contributed by atoms with Crippen LogP contribution < -0.4 is 4.74 Å². The number of benzene rings is 4. The second kappa shape index (κ2) is 11.3. The van der Waals surface area contributed by atoms with E-state index in [1.54, 1.807) is 7.11 Å². The van der Waals surface area contributed by atoms with E-state index in [9.17, 15) is 9.59 Å². The standard InChI is InChI=1S/C33H30N4O4/c1-3-31-34-27-10-6-7-11-29(27)36(31)20-33(39)41-21-32(38)37-30(23-14-16-26(40-2)17-15-23)19-28(35-37)25-13-12-22-8-4-5-9-24(22)18-25/h4-18,30H,3,19-21H2,1-2H3/t30-/m1/s1. The fourth-order valence-corrected chi connectivity index (χ4v) is 5.32. The van der Waals surface area contributed by atoms with Crippen LogP contribution in [-0.4, -0.2) is 45.9 Å². The van der Waals surface area contributed by atoms with Gasteiger partial charge in [0.25, 0.3) is 5.91 Å². The molecule has 4 aromatic carbocycles. The van der Waals surface area contributed by atoms with Gasteiger partial charge in [-0.05, 0) is 52.2 Å². The van der Waals surface area contributed by atoms with E-state index < -0.39 is 12.6 Å². The van der Waals surface area contributed by atoms with Crippen molar-refractivity contribution in [3.63, 3.8) is 0 Å². The molecule has 6 rings (SSSR count). The first-order valence-corrected chi connectivity index (χ1v) is 13.7. The summed E-state index contributed by atoms with van der Waals surface area (Å²) in [6.45, 7) is 1.56. The number of fused-ring (bicyclic) bond motifs is 2. The van der Waals surface area contributed by atoms with Crippen molar-refractivity contribution in [1.82, 2.24) is 14.6 Å². The molecule has 0 N–H and O–H groups in total. The van der Waals surface area contributed by atoms with E-state index in [1.165, 1.54) is 5.01 Å². The number of carbonyl (C=O) groups is 2. The van der Waals surface area contributed by atoms with Gasteiger partial charge in [0.15, 0.2) is 6.61 Å². The van der Waals surface area contributed by atoms with E-state index in [0.717, 1.165) is 50.2 Å². The third-order valence-electron chi connectivity index (χ3n) is 7.44. The van der Waals surface area contributed by atoms with Gasteiger partial charge in [-0.1, -0.05) is 67.6 Å². The lowest BCUT2D eigenvalue weighted by molar-refractivity contribution is -0.153. The Morgan fingerprint density at radius 2 is 1.68 bits per heavy atom. The Bertz CT molecular complexity index is 1770. The van der Waals surface area contributed by atoms with Crippen LogP contribution in [0.1, 0.15) is 36.3 Å². The van der Waals surface area contributed by atoms with Crippen LogP contribution in [0, 0.1) is 0 Å². The summed E-state index contributed by atoms with van der Waals surface area (Å²) in [4.78, 5) is 31.0. The van der Waals surface area contributed by atoms with Crippen molar-refractivity contribution in [2.45, 2.75) is 32.4 Å². The Labute approximate surface area is 237 Å².